The van der Waals surface area contributed by atoms with E-state index in [1.807, 2.05) is 19.1 Å². The number of ether oxygens (including phenoxy) is 1. The predicted octanol–water partition coefficient (Wildman–Crippen LogP) is 2.60. The van der Waals surface area contributed by atoms with Gasteiger partial charge in [-0.2, -0.15) is 0 Å². The van der Waals surface area contributed by atoms with E-state index in [1.54, 1.807) is 23.2 Å². The Kier molecular flexibility index (Phi) is 4.57. The lowest BCUT2D eigenvalue weighted by Crippen LogP contribution is -2.23. The molecule has 23 heavy (non-hydrogen) atoms. The van der Waals surface area contributed by atoms with E-state index >= 15 is 0 Å². The Bertz CT molecular complexity index is 729. The fourth-order valence-electron chi connectivity index (χ4n) is 2.38. The molecule has 1 aromatic heterocycles. The molecule has 6 nitrogen and oxygen atoms in total. The zero-order valence-corrected chi connectivity index (χ0v) is 13.6. The summed E-state index contributed by atoms with van der Waals surface area (Å²) in [6, 6.07) is 7.24. The second-order valence-electron chi connectivity index (χ2n) is 5.26. The number of aryl methyl sites for hydroxylation is 1. The van der Waals surface area contributed by atoms with Crippen molar-refractivity contribution in [1.82, 2.24) is 4.98 Å². The fraction of sp³-hybridized carbons (Fsp3) is 0.312. The lowest BCUT2D eigenvalue weighted by atomic mass is 10.3. The maximum absolute atomic E-state index is 11.9. The van der Waals surface area contributed by atoms with Crippen molar-refractivity contribution in [3.63, 3.8) is 0 Å². The Morgan fingerprint density at radius 2 is 2.35 bits per heavy atom. The van der Waals surface area contributed by atoms with Crippen LogP contribution in [0.2, 0.25) is 0 Å². The number of carbonyl (C=O) groups is 2. The Balaban J connectivity index is 1.57. The lowest BCUT2D eigenvalue weighted by Gasteiger charge is -2.16. The minimum atomic E-state index is -0.262. The number of amides is 2. The van der Waals surface area contributed by atoms with Gasteiger partial charge in [-0.05, 0) is 25.5 Å². The van der Waals surface area contributed by atoms with Crippen LogP contribution in [-0.4, -0.2) is 29.9 Å². The number of carbonyl (C=O) groups excluding carboxylic acids is 2. The average Bonchev–Trinajstić information content (AvgIpc) is 3.14. The van der Waals surface area contributed by atoms with Crippen LogP contribution in [0.5, 0.6) is 5.75 Å². The summed E-state index contributed by atoms with van der Waals surface area (Å²) in [4.78, 5) is 30.5. The molecule has 1 aromatic carbocycles. The first kappa shape index (κ1) is 15.5. The summed E-state index contributed by atoms with van der Waals surface area (Å²) >= 11 is 1.41. The average molecular weight is 331 g/mol. The van der Waals surface area contributed by atoms with Crippen molar-refractivity contribution in [3.05, 3.63) is 35.3 Å². The van der Waals surface area contributed by atoms with Gasteiger partial charge in [0.1, 0.15) is 5.75 Å². The van der Waals surface area contributed by atoms with Gasteiger partial charge in [-0.3, -0.25) is 14.9 Å². The summed E-state index contributed by atoms with van der Waals surface area (Å²) in [5.74, 6) is 0.425. The van der Waals surface area contributed by atoms with Crippen molar-refractivity contribution in [2.45, 2.75) is 19.8 Å². The molecule has 0 radical (unpaired) electrons. The van der Waals surface area contributed by atoms with Crippen molar-refractivity contribution in [2.75, 3.05) is 23.4 Å². The summed E-state index contributed by atoms with van der Waals surface area (Å²) in [6.45, 7) is 2.55. The summed E-state index contributed by atoms with van der Waals surface area (Å²) in [5.41, 5.74) is 0.806. The van der Waals surface area contributed by atoms with E-state index < -0.39 is 0 Å². The number of rotatable bonds is 5. The van der Waals surface area contributed by atoms with Gasteiger partial charge in [-0.1, -0.05) is 6.07 Å². The first-order valence-electron chi connectivity index (χ1n) is 7.37. The smallest absolute Gasteiger partial charge is 0.264 e. The molecule has 1 aliphatic rings. The molecule has 1 saturated heterocycles. The Hall–Kier alpha value is -2.41. The van der Waals surface area contributed by atoms with Crippen molar-refractivity contribution in [3.8, 4) is 5.75 Å². The minimum Gasteiger partial charge on any atom is -0.484 e. The van der Waals surface area contributed by atoms with E-state index in [0.717, 1.165) is 23.5 Å². The largest absolute Gasteiger partial charge is 0.484 e. The maximum Gasteiger partial charge on any atom is 0.264 e. The highest BCUT2D eigenvalue weighted by Gasteiger charge is 2.21. The highest BCUT2D eigenvalue weighted by Crippen LogP contribution is 2.25. The van der Waals surface area contributed by atoms with Gasteiger partial charge in [0.25, 0.3) is 5.91 Å². The fourth-order valence-corrected chi connectivity index (χ4v) is 3.06. The van der Waals surface area contributed by atoms with Gasteiger partial charge in [0, 0.05) is 35.8 Å². The molecule has 0 saturated carbocycles. The summed E-state index contributed by atoms with van der Waals surface area (Å²) in [6.07, 6.45) is 3.16. The molecule has 0 atom stereocenters. The first-order valence-corrected chi connectivity index (χ1v) is 8.19. The molecule has 1 N–H and O–H groups in total. The van der Waals surface area contributed by atoms with E-state index in [9.17, 15) is 9.59 Å². The highest BCUT2D eigenvalue weighted by atomic mass is 32.1. The van der Waals surface area contributed by atoms with E-state index in [1.165, 1.54) is 11.3 Å². The predicted molar refractivity (Wildman–Crippen MR) is 89.0 cm³/mol. The van der Waals surface area contributed by atoms with Crippen LogP contribution in [-0.2, 0) is 9.59 Å². The third-order valence-electron chi connectivity index (χ3n) is 3.44. The summed E-state index contributed by atoms with van der Waals surface area (Å²) < 4.78 is 5.51. The van der Waals surface area contributed by atoms with Crippen LogP contribution in [0, 0.1) is 6.92 Å². The molecule has 2 heterocycles. The van der Waals surface area contributed by atoms with Crippen LogP contribution in [0.1, 0.15) is 17.7 Å². The summed E-state index contributed by atoms with van der Waals surface area (Å²) in [7, 11) is 0. The molecule has 0 aliphatic carbocycles. The maximum atomic E-state index is 11.9. The van der Waals surface area contributed by atoms with Gasteiger partial charge < -0.3 is 9.64 Å². The van der Waals surface area contributed by atoms with Crippen molar-refractivity contribution in [2.24, 2.45) is 0 Å². The van der Waals surface area contributed by atoms with E-state index in [4.69, 9.17) is 4.74 Å². The monoisotopic (exact) mass is 331 g/mol. The van der Waals surface area contributed by atoms with E-state index in [-0.39, 0.29) is 18.4 Å². The SMILES string of the molecule is Cc1cnc(NC(=O)COc2cccc(N3CCCC3=O)c2)s1. The molecule has 2 aromatic rings. The number of thiazole rings is 1. The highest BCUT2D eigenvalue weighted by molar-refractivity contribution is 7.15. The van der Waals surface area contributed by atoms with Gasteiger partial charge in [-0.15, -0.1) is 11.3 Å². The lowest BCUT2D eigenvalue weighted by molar-refractivity contribution is -0.118. The molecule has 0 bridgehead atoms. The zero-order chi connectivity index (χ0) is 16.2. The normalized spacial score (nSPS) is 14.1. The second kappa shape index (κ2) is 6.78. The number of nitrogens with zero attached hydrogens (tertiary/aromatic N) is 2. The van der Waals surface area contributed by atoms with Gasteiger partial charge in [0.05, 0.1) is 0 Å². The molecule has 0 unspecified atom stereocenters. The summed E-state index contributed by atoms with van der Waals surface area (Å²) in [5, 5.41) is 3.25. The quantitative estimate of drug-likeness (QED) is 0.914. The van der Waals surface area contributed by atoms with Gasteiger partial charge in [-0.25, -0.2) is 4.98 Å². The first-order chi connectivity index (χ1) is 11.1. The molecule has 1 fully saturated rings. The van der Waals surface area contributed by atoms with Crippen LogP contribution in [0.3, 0.4) is 0 Å². The number of hydrogen-bond donors (Lipinski definition) is 1. The number of aromatic nitrogens is 1. The Labute approximate surface area is 138 Å². The van der Waals surface area contributed by atoms with E-state index in [2.05, 4.69) is 10.3 Å². The third kappa shape index (κ3) is 3.87. The molecule has 7 heteroatoms. The van der Waals surface area contributed by atoms with Crippen molar-refractivity contribution < 1.29 is 14.3 Å². The molecule has 1 aliphatic heterocycles. The van der Waals surface area contributed by atoms with Gasteiger partial charge in [0.2, 0.25) is 5.91 Å². The van der Waals surface area contributed by atoms with Crippen LogP contribution in [0.25, 0.3) is 0 Å². The van der Waals surface area contributed by atoms with Crippen LogP contribution in [0.15, 0.2) is 30.5 Å². The number of benzene rings is 1. The van der Waals surface area contributed by atoms with Crippen LogP contribution < -0.4 is 15.0 Å². The molecule has 120 valence electrons. The number of nitrogens with one attached hydrogen (secondary N) is 1. The minimum absolute atomic E-state index is 0.101. The van der Waals surface area contributed by atoms with Gasteiger partial charge >= 0.3 is 0 Å². The Morgan fingerprint density at radius 3 is 3.04 bits per heavy atom. The van der Waals surface area contributed by atoms with Gasteiger partial charge in [0.15, 0.2) is 11.7 Å². The molecule has 0 spiro atoms. The van der Waals surface area contributed by atoms with Crippen LogP contribution in [0.4, 0.5) is 10.8 Å². The Morgan fingerprint density at radius 1 is 1.48 bits per heavy atom. The third-order valence-corrected chi connectivity index (χ3v) is 4.27. The topological polar surface area (TPSA) is 71.5 Å². The molecular formula is C16H17N3O3S. The standard InChI is InChI=1S/C16H17N3O3S/c1-11-9-17-16(23-11)18-14(20)10-22-13-5-2-4-12(8-13)19-7-3-6-15(19)21/h2,4-5,8-9H,3,6-7,10H2,1H3,(H,17,18,20). The molecule has 2 amide bonds. The molecular weight excluding hydrogens is 314 g/mol. The van der Waals surface area contributed by atoms with Crippen molar-refractivity contribution in [1.29, 1.82) is 0 Å². The second-order valence-corrected chi connectivity index (χ2v) is 6.49. The molecule has 3 rings (SSSR count). The van der Waals surface area contributed by atoms with E-state index in [0.29, 0.717) is 17.3 Å². The number of hydrogen-bond acceptors (Lipinski definition) is 5. The van der Waals surface area contributed by atoms with Crippen LogP contribution >= 0.6 is 11.3 Å². The number of anilines is 2. The zero-order valence-electron chi connectivity index (χ0n) is 12.7. The van der Waals surface area contributed by atoms with Crippen molar-refractivity contribution >= 4 is 34.0 Å².